The van der Waals surface area contributed by atoms with Crippen molar-refractivity contribution in [1.29, 1.82) is 0 Å². The van der Waals surface area contributed by atoms with Gasteiger partial charge in [0.1, 0.15) is 24.4 Å². The Kier molecular flexibility index (Phi) is 7.26. The van der Waals surface area contributed by atoms with Gasteiger partial charge >= 0.3 is 0 Å². The van der Waals surface area contributed by atoms with E-state index >= 15 is 0 Å². The molecule has 1 heterocycles. The molecule has 1 amide bonds. The number of ether oxygens (including phenoxy) is 1. The maximum Gasteiger partial charge on any atom is 0.237 e. The maximum atomic E-state index is 11.7. The minimum Gasteiger partial charge on any atom is -0.394 e. The molecule has 0 aromatic rings. The van der Waals surface area contributed by atoms with Gasteiger partial charge in [0, 0.05) is 12.8 Å². The van der Waals surface area contributed by atoms with Gasteiger partial charge in [-0.2, -0.15) is 0 Å². The summed E-state index contributed by atoms with van der Waals surface area (Å²) in [6, 6.07) is -0.542. The molecule has 6 N–H and O–H groups in total. The minimum atomic E-state index is -1.50. The van der Waals surface area contributed by atoms with Crippen LogP contribution in [0.1, 0.15) is 0 Å². The zero-order valence-electron chi connectivity index (χ0n) is 12.6. The highest BCUT2D eigenvalue weighted by Crippen LogP contribution is 2.40. The molecule has 3 unspecified atom stereocenters. The fraction of sp³-hybridized carbons (Fsp3) is 0.769. The molecule has 22 heavy (non-hydrogen) atoms. The lowest BCUT2D eigenvalue weighted by Crippen LogP contribution is -2.63. The number of hydrogen-bond acceptors (Lipinski definition) is 8. The summed E-state index contributed by atoms with van der Waals surface area (Å²) < 4.78 is 5.55. The predicted octanol–water partition coefficient (Wildman–Crippen LogP) is -2.59. The van der Waals surface area contributed by atoms with Crippen molar-refractivity contribution in [1.82, 2.24) is 10.6 Å². The first-order valence-electron chi connectivity index (χ1n) is 6.86. The van der Waals surface area contributed by atoms with Crippen LogP contribution >= 0.6 is 11.8 Å². The summed E-state index contributed by atoms with van der Waals surface area (Å²) in [6.07, 6.45) is -4.11. The van der Waals surface area contributed by atoms with Crippen LogP contribution in [0, 0.1) is 0 Å². The van der Waals surface area contributed by atoms with Crippen LogP contribution in [0.25, 0.3) is 0 Å². The van der Waals surface area contributed by atoms with Gasteiger partial charge in [-0.25, -0.2) is 0 Å². The molecule has 6 atom stereocenters. The molecule has 8 nitrogen and oxygen atoms in total. The van der Waals surface area contributed by atoms with Crippen molar-refractivity contribution < 1.29 is 30.0 Å². The first-order chi connectivity index (χ1) is 10.4. The Morgan fingerprint density at radius 1 is 1.41 bits per heavy atom. The van der Waals surface area contributed by atoms with Gasteiger partial charge in [0.25, 0.3) is 0 Å². The smallest absolute Gasteiger partial charge is 0.237 e. The molecule has 1 rings (SSSR count). The molecule has 0 aromatic heterocycles. The largest absolute Gasteiger partial charge is 0.394 e. The van der Waals surface area contributed by atoms with Gasteiger partial charge in [0.2, 0.25) is 5.91 Å². The number of hydrogen-bond donors (Lipinski definition) is 6. The summed E-state index contributed by atoms with van der Waals surface area (Å²) in [5, 5.41) is 44.5. The van der Waals surface area contributed by atoms with Crippen LogP contribution in [0.15, 0.2) is 12.7 Å². The van der Waals surface area contributed by atoms with Crippen molar-refractivity contribution in [3.63, 3.8) is 0 Å². The van der Waals surface area contributed by atoms with E-state index < -0.39 is 42.0 Å². The third kappa shape index (κ3) is 3.80. The van der Waals surface area contributed by atoms with Gasteiger partial charge in [0.05, 0.1) is 12.6 Å². The Balaban J connectivity index is 2.90. The van der Waals surface area contributed by atoms with E-state index in [1.54, 1.807) is 7.05 Å². The molecule has 1 aliphatic rings. The van der Waals surface area contributed by atoms with Crippen LogP contribution in [0.3, 0.4) is 0 Å². The first kappa shape index (κ1) is 19.4. The lowest BCUT2D eigenvalue weighted by Gasteiger charge is -2.46. The molecular formula is C13H24N2O6S. The summed E-state index contributed by atoms with van der Waals surface area (Å²) in [4.78, 5) is 10.2. The van der Waals surface area contributed by atoms with E-state index in [1.165, 1.54) is 13.1 Å². The van der Waals surface area contributed by atoms with Gasteiger partial charge < -0.3 is 35.8 Å². The molecule has 1 saturated heterocycles. The number of aliphatic hydroxyl groups is 4. The van der Waals surface area contributed by atoms with Crippen molar-refractivity contribution in [3.8, 4) is 0 Å². The van der Waals surface area contributed by atoms with Crippen molar-refractivity contribution in [3.05, 3.63) is 12.7 Å². The topological polar surface area (TPSA) is 131 Å². The van der Waals surface area contributed by atoms with Gasteiger partial charge in [-0.3, -0.25) is 4.79 Å². The fourth-order valence-electron chi connectivity index (χ4n) is 2.19. The summed E-state index contributed by atoms with van der Waals surface area (Å²) in [5.41, 5.74) is 0. The number of aliphatic hydroxyl groups excluding tert-OH is 4. The van der Waals surface area contributed by atoms with Crippen LogP contribution < -0.4 is 10.6 Å². The molecule has 1 fully saturated rings. The van der Waals surface area contributed by atoms with E-state index in [0.717, 1.165) is 11.8 Å². The lowest BCUT2D eigenvalue weighted by atomic mass is 9.94. The van der Waals surface area contributed by atoms with Crippen molar-refractivity contribution in [2.75, 3.05) is 26.5 Å². The van der Waals surface area contributed by atoms with Crippen LogP contribution in [0.4, 0.5) is 0 Å². The van der Waals surface area contributed by atoms with Crippen LogP contribution in [0.2, 0.25) is 0 Å². The fourth-order valence-corrected chi connectivity index (χ4v) is 3.56. The second-order valence-corrected chi connectivity index (χ2v) is 6.22. The Morgan fingerprint density at radius 2 is 2.05 bits per heavy atom. The second kappa shape index (κ2) is 8.25. The number of nitrogens with one attached hydrogen (secondary N) is 2. The third-order valence-corrected chi connectivity index (χ3v) is 5.11. The second-order valence-electron chi connectivity index (χ2n) is 4.96. The Morgan fingerprint density at radius 3 is 2.50 bits per heavy atom. The van der Waals surface area contributed by atoms with Crippen molar-refractivity contribution >= 4 is 17.7 Å². The average molecular weight is 336 g/mol. The molecule has 128 valence electrons. The molecule has 0 bridgehead atoms. The van der Waals surface area contributed by atoms with E-state index in [-0.39, 0.29) is 11.7 Å². The summed E-state index contributed by atoms with van der Waals surface area (Å²) in [7, 11) is 3.13. The third-order valence-electron chi connectivity index (χ3n) is 3.65. The monoisotopic (exact) mass is 336 g/mol. The SMILES string of the molecule is C=C[C@]1(SCC(NC)C(=O)NC)OC(CO)[C@H](O)[C@H](O)C1O. The van der Waals surface area contributed by atoms with Gasteiger partial charge in [-0.1, -0.05) is 6.58 Å². The van der Waals surface area contributed by atoms with Crippen molar-refractivity contribution in [2.45, 2.75) is 35.4 Å². The van der Waals surface area contributed by atoms with Crippen LogP contribution in [-0.2, 0) is 9.53 Å². The van der Waals surface area contributed by atoms with Gasteiger partial charge in [0.15, 0.2) is 4.93 Å². The van der Waals surface area contributed by atoms with E-state index in [0.29, 0.717) is 0 Å². The quantitative estimate of drug-likeness (QED) is 0.279. The highest BCUT2D eigenvalue weighted by Gasteiger charge is 2.52. The number of thioether (sulfide) groups is 1. The summed E-state index contributed by atoms with van der Waals surface area (Å²) in [5.74, 6) is -0.0148. The molecule has 9 heteroatoms. The van der Waals surface area contributed by atoms with Crippen molar-refractivity contribution in [2.24, 2.45) is 0 Å². The highest BCUT2D eigenvalue weighted by atomic mass is 32.2. The molecule has 1 aliphatic heterocycles. The number of amides is 1. The molecular weight excluding hydrogens is 312 g/mol. The summed E-state index contributed by atoms with van der Waals surface area (Å²) in [6.45, 7) is 3.08. The number of likely N-dealkylation sites (N-methyl/N-ethyl adjacent to an activating group) is 2. The van der Waals surface area contributed by atoms with Gasteiger partial charge in [-0.15, -0.1) is 11.8 Å². The normalized spacial score (nSPS) is 36.6. The van der Waals surface area contributed by atoms with E-state index in [2.05, 4.69) is 17.2 Å². The lowest BCUT2D eigenvalue weighted by molar-refractivity contribution is -0.228. The Bertz CT molecular complexity index is 397. The highest BCUT2D eigenvalue weighted by molar-refractivity contribution is 8.00. The van der Waals surface area contributed by atoms with E-state index in [1.807, 2.05) is 0 Å². The molecule has 0 aromatic carbocycles. The number of carbonyl (C=O) groups excluding carboxylic acids is 1. The molecule has 0 aliphatic carbocycles. The predicted molar refractivity (Wildman–Crippen MR) is 82.3 cm³/mol. The van der Waals surface area contributed by atoms with E-state index in [9.17, 15) is 25.2 Å². The average Bonchev–Trinajstić information content (AvgIpc) is 2.55. The standard InChI is InChI=1S/C13H24N2O6S/c1-4-13(22-6-7(14-2)12(20)15-3)11(19)10(18)9(17)8(5-16)21-13/h4,7-11,14,16-19H,1,5-6H2,2-3H3,(H,15,20)/t7?,8?,9-,10-,11?,13+/m0/s1. The number of carbonyl (C=O) groups is 1. The van der Waals surface area contributed by atoms with E-state index in [4.69, 9.17) is 4.74 Å². The van der Waals surface area contributed by atoms with Crippen LogP contribution in [0.5, 0.6) is 0 Å². The van der Waals surface area contributed by atoms with Gasteiger partial charge in [-0.05, 0) is 13.1 Å². The maximum absolute atomic E-state index is 11.7. The minimum absolute atomic E-state index is 0.222. The Hall–Kier alpha value is -0.680. The van der Waals surface area contributed by atoms with Crippen LogP contribution in [-0.4, -0.2) is 88.2 Å². The zero-order chi connectivity index (χ0) is 16.9. The number of rotatable bonds is 7. The first-order valence-corrected chi connectivity index (χ1v) is 7.84. The molecule has 0 spiro atoms. The summed E-state index contributed by atoms with van der Waals surface area (Å²) >= 11 is 1.06. The Labute approximate surface area is 133 Å². The molecule has 0 radical (unpaired) electrons. The molecule has 0 saturated carbocycles. The zero-order valence-corrected chi connectivity index (χ0v) is 13.4.